The van der Waals surface area contributed by atoms with E-state index in [4.69, 9.17) is 14.7 Å². The third kappa shape index (κ3) is 10.6. The predicted molar refractivity (Wildman–Crippen MR) is 246 cm³/mol. The minimum Gasteiger partial charge on any atom is -0.453 e. The summed E-state index contributed by atoms with van der Waals surface area (Å²) < 4.78 is 47.8. The van der Waals surface area contributed by atoms with Crippen molar-refractivity contribution in [2.24, 2.45) is 5.92 Å². The van der Waals surface area contributed by atoms with Gasteiger partial charge in [-0.25, -0.2) is 29.3 Å². The van der Waals surface area contributed by atoms with Gasteiger partial charge in [0, 0.05) is 31.3 Å². The van der Waals surface area contributed by atoms with Crippen LogP contribution in [0.2, 0.25) is 0 Å². The van der Waals surface area contributed by atoms with Crippen LogP contribution in [0.5, 0.6) is 0 Å². The van der Waals surface area contributed by atoms with Crippen LogP contribution >= 0.6 is 0 Å². The fourth-order valence-electron chi connectivity index (χ4n) is 8.91. The topological polar surface area (TPSA) is 209 Å². The number of aromatic amines is 2. The lowest BCUT2D eigenvalue weighted by atomic mass is 10.0. The number of alkyl carbamates (subject to hydrolysis) is 1. The molecule has 69 heavy (non-hydrogen) atoms. The number of hydrogen-bond acceptors (Lipinski definition) is 11. The molecule has 0 radical (unpaired) electrons. The summed E-state index contributed by atoms with van der Waals surface area (Å²) in [5.41, 5.74) is 6.74. The number of hydrogen-bond donors (Lipinski definition) is 3. The SMILES string of the molecule is COC(=O)N[C@H](C(=O)N1CCC[C@H]1c1ncc(-c2ccc(-c3cnc4cc(-c5cnc([C@@H]6CCCN6C(=O)[C@@H](CCc6ccccc6)N(C)C(=O)OC(=O)C(F)(F)F)[nH]5)ccc4n3)cc2)[nH]1)C(C)C. The van der Waals surface area contributed by atoms with E-state index in [1.807, 2.05) is 86.6 Å². The van der Waals surface area contributed by atoms with Gasteiger partial charge in [0.1, 0.15) is 23.7 Å². The van der Waals surface area contributed by atoms with E-state index in [2.05, 4.69) is 30.0 Å². The van der Waals surface area contributed by atoms with E-state index in [1.54, 1.807) is 28.4 Å². The van der Waals surface area contributed by atoms with Gasteiger partial charge in [0.2, 0.25) is 11.8 Å². The van der Waals surface area contributed by atoms with Crippen LogP contribution in [0.25, 0.3) is 44.8 Å². The maximum Gasteiger partial charge on any atom is 0.491 e. The van der Waals surface area contributed by atoms with E-state index >= 15 is 0 Å². The van der Waals surface area contributed by atoms with E-state index in [-0.39, 0.29) is 24.3 Å². The number of carbonyl (C=O) groups is 5. The highest BCUT2D eigenvalue weighted by molar-refractivity contribution is 5.91. The number of nitrogens with one attached hydrogen (secondary N) is 3. The van der Waals surface area contributed by atoms with Crippen LogP contribution in [0.1, 0.15) is 75.2 Å². The van der Waals surface area contributed by atoms with Crippen LogP contribution < -0.4 is 5.32 Å². The van der Waals surface area contributed by atoms with Crippen molar-refractivity contribution >= 4 is 41.0 Å². The van der Waals surface area contributed by atoms with Crippen molar-refractivity contribution in [3.63, 3.8) is 0 Å². The zero-order valence-corrected chi connectivity index (χ0v) is 38.3. The molecule has 0 bridgehead atoms. The summed E-state index contributed by atoms with van der Waals surface area (Å²) in [5.74, 6) is -2.34. The quantitative estimate of drug-likeness (QED) is 0.0748. The molecule has 2 fully saturated rings. The summed E-state index contributed by atoms with van der Waals surface area (Å²) in [7, 11) is 2.41. The van der Waals surface area contributed by atoms with Gasteiger partial charge in [-0.2, -0.15) is 13.2 Å². The van der Waals surface area contributed by atoms with Crippen molar-refractivity contribution in [3.05, 3.63) is 109 Å². The largest absolute Gasteiger partial charge is 0.491 e. The summed E-state index contributed by atoms with van der Waals surface area (Å²) in [5, 5.41) is 2.67. The van der Waals surface area contributed by atoms with E-state index in [1.165, 1.54) is 7.11 Å². The van der Waals surface area contributed by atoms with Crippen molar-refractivity contribution in [2.45, 2.75) is 82.7 Å². The molecule has 0 spiro atoms. The van der Waals surface area contributed by atoms with Gasteiger partial charge in [-0.05, 0) is 67.7 Å². The molecule has 3 aromatic carbocycles. The lowest BCUT2D eigenvalue weighted by Crippen LogP contribution is -2.51. The second kappa shape index (κ2) is 20.3. The number of amides is 4. The maximum atomic E-state index is 14.2. The van der Waals surface area contributed by atoms with Gasteiger partial charge in [-0.15, -0.1) is 0 Å². The molecule has 2 saturated heterocycles. The smallest absolute Gasteiger partial charge is 0.453 e. The second-order valence-corrected chi connectivity index (χ2v) is 17.4. The van der Waals surface area contributed by atoms with Crippen LogP contribution in [0.3, 0.4) is 0 Å². The number of likely N-dealkylation sites (N-methyl/N-ethyl adjacent to an activating group) is 1. The minimum absolute atomic E-state index is 0.0593. The van der Waals surface area contributed by atoms with Gasteiger partial charge in [-0.3, -0.25) is 19.5 Å². The van der Waals surface area contributed by atoms with E-state index in [9.17, 15) is 37.1 Å². The van der Waals surface area contributed by atoms with Gasteiger partial charge >= 0.3 is 24.3 Å². The van der Waals surface area contributed by atoms with Crippen molar-refractivity contribution in [1.29, 1.82) is 0 Å². The zero-order valence-electron chi connectivity index (χ0n) is 38.3. The average Bonchev–Trinajstić information content (AvgIpc) is 4.20. The average molecular weight is 949 g/mol. The molecule has 17 nitrogen and oxygen atoms in total. The first-order valence-corrected chi connectivity index (χ1v) is 22.6. The monoisotopic (exact) mass is 948 g/mol. The normalized spacial score (nSPS) is 16.9. The number of methoxy groups -OCH3 is 1. The number of halogens is 3. The number of likely N-dealkylation sites (tertiary alicyclic amines) is 2. The number of carbonyl (C=O) groups excluding carboxylic acids is 5. The number of ether oxygens (including phenoxy) is 2. The molecular formula is C49H51F3N10O7. The summed E-state index contributed by atoms with van der Waals surface area (Å²) in [4.78, 5) is 93.9. The Kier molecular flexibility index (Phi) is 14.1. The summed E-state index contributed by atoms with van der Waals surface area (Å²) in [6.07, 6.45) is 0.547. The first-order chi connectivity index (χ1) is 33.1. The number of aryl methyl sites for hydroxylation is 1. The molecule has 4 amide bonds. The lowest BCUT2D eigenvalue weighted by molar-refractivity contribution is -0.194. The molecule has 360 valence electrons. The number of fused-ring (bicyclic) bond motifs is 1. The molecule has 0 unspecified atom stereocenters. The van der Waals surface area contributed by atoms with Crippen LogP contribution in [-0.2, 0) is 30.3 Å². The summed E-state index contributed by atoms with van der Waals surface area (Å²) in [6.45, 7) is 4.61. The molecule has 3 N–H and O–H groups in total. The summed E-state index contributed by atoms with van der Waals surface area (Å²) in [6, 6.07) is 19.8. The van der Waals surface area contributed by atoms with Crippen LogP contribution in [0.15, 0.2) is 91.4 Å². The Labute approximate surface area is 394 Å². The highest BCUT2D eigenvalue weighted by Gasteiger charge is 2.45. The number of H-pyrrole nitrogens is 2. The number of benzene rings is 3. The van der Waals surface area contributed by atoms with E-state index in [0.29, 0.717) is 66.4 Å². The Morgan fingerprint density at radius 2 is 1.38 bits per heavy atom. The van der Waals surface area contributed by atoms with Gasteiger partial charge < -0.3 is 34.6 Å². The van der Waals surface area contributed by atoms with E-state index < -0.39 is 48.4 Å². The molecular weight excluding hydrogens is 898 g/mol. The number of imidazole rings is 2. The zero-order chi connectivity index (χ0) is 49.0. The molecule has 2 aliphatic rings. The fraction of sp³-hybridized carbons (Fsp3) is 0.367. The number of rotatable bonds is 13. The standard InChI is InChI=1S/C49H51F3N10O7/c1-28(2)41(59-47(66)68-4)45(64)62-23-9-13-39(62)43-54-26-36(57-43)31-17-15-30(16-18-31)35-25-53-34-24-32(19-20-33(34)56-35)37-27-55-42(58-37)38-12-8-22-61(38)44(63)40(21-14-29-10-6-5-7-11-29)60(3)48(67)69-46(65)49(50,51)52/h5-7,10-11,15-20,24-28,38-41H,8-9,12-14,21-23H2,1-4H3,(H,54,57)(H,55,58)(H,59,66)/t38-,39-,40+,41-/m0/s1. The molecule has 0 saturated carbocycles. The molecule has 4 atom stereocenters. The highest BCUT2D eigenvalue weighted by Crippen LogP contribution is 2.35. The predicted octanol–water partition coefficient (Wildman–Crippen LogP) is 7.94. The molecule has 20 heteroatoms. The molecule has 3 aromatic heterocycles. The van der Waals surface area contributed by atoms with Gasteiger partial charge in [0.15, 0.2) is 0 Å². The molecule has 8 rings (SSSR count). The third-order valence-electron chi connectivity index (χ3n) is 12.6. The maximum absolute atomic E-state index is 14.2. The number of esters is 1. The first kappa shape index (κ1) is 47.8. The fourth-order valence-corrected chi connectivity index (χ4v) is 8.91. The Balaban J connectivity index is 0.939. The molecule has 5 heterocycles. The van der Waals surface area contributed by atoms with Crippen molar-refractivity contribution in [1.82, 2.24) is 49.9 Å². The number of aromatic nitrogens is 6. The van der Waals surface area contributed by atoms with Gasteiger partial charge in [-0.1, -0.05) is 74.5 Å². The third-order valence-corrected chi connectivity index (χ3v) is 12.6. The second-order valence-electron chi connectivity index (χ2n) is 17.4. The number of alkyl halides is 3. The van der Waals surface area contributed by atoms with Crippen molar-refractivity contribution in [3.8, 4) is 33.8 Å². The van der Waals surface area contributed by atoms with Crippen molar-refractivity contribution in [2.75, 3.05) is 27.2 Å². The molecule has 6 aromatic rings. The van der Waals surface area contributed by atoms with Crippen molar-refractivity contribution < 1.29 is 46.6 Å². The number of nitrogens with zero attached hydrogens (tertiary/aromatic N) is 7. The van der Waals surface area contributed by atoms with Gasteiger partial charge in [0.25, 0.3) is 0 Å². The Morgan fingerprint density at radius 3 is 1.99 bits per heavy atom. The van der Waals surface area contributed by atoms with E-state index in [0.717, 1.165) is 52.7 Å². The lowest BCUT2D eigenvalue weighted by Gasteiger charge is -2.32. The summed E-state index contributed by atoms with van der Waals surface area (Å²) >= 11 is 0. The Bertz CT molecular complexity index is 2830. The molecule has 2 aliphatic heterocycles. The van der Waals surface area contributed by atoms with Gasteiger partial charge in [0.05, 0.1) is 65.9 Å². The first-order valence-electron chi connectivity index (χ1n) is 22.6. The van der Waals surface area contributed by atoms with Crippen LogP contribution in [0, 0.1) is 5.92 Å². The van der Waals surface area contributed by atoms with Crippen LogP contribution in [0.4, 0.5) is 22.8 Å². The minimum atomic E-state index is -5.39. The Morgan fingerprint density at radius 1 is 0.783 bits per heavy atom. The Hall–Kier alpha value is -7.64. The molecule has 0 aliphatic carbocycles. The highest BCUT2D eigenvalue weighted by atomic mass is 19.4. The van der Waals surface area contributed by atoms with Crippen LogP contribution in [-0.4, -0.2) is 120 Å².